The largest absolute Gasteiger partial charge is 0.463 e. The Balaban J connectivity index is 1.49. The minimum absolute atomic E-state index is 0.101. The van der Waals surface area contributed by atoms with Crippen molar-refractivity contribution in [2.45, 2.75) is 6.54 Å². The number of amides is 1. The lowest BCUT2D eigenvalue weighted by molar-refractivity contribution is 0.0948. The third-order valence-electron chi connectivity index (χ3n) is 4.19. The van der Waals surface area contributed by atoms with Crippen molar-refractivity contribution in [3.63, 3.8) is 0 Å². The Bertz CT molecular complexity index is 1310. The van der Waals surface area contributed by atoms with Crippen molar-refractivity contribution in [3.8, 4) is 11.5 Å². The smallest absolute Gasteiger partial charge is 0.349 e. The summed E-state index contributed by atoms with van der Waals surface area (Å²) in [6.07, 6.45) is 1.51. The van der Waals surface area contributed by atoms with Gasteiger partial charge in [0.05, 0.1) is 12.8 Å². The van der Waals surface area contributed by atoms with Crippen LogP contribution in [0.1, 0.15) is 10.4 Å². The summed E-state index contributed by atoms with van der Waals surface area (Å²) >= 11 is 3.34. The van der Waals surface area contributed by atoms with Gasteiger partial charge >= 0.3 is 5.63 Å². The lowest BCUT2D eigenvalue weighted by atomic mass is 10.2. The van der Waals surface area contributed by atoms with Crippen LogP contribution in [0.4, 0.5) is 0 Å². The number of carbonyl (C=O) groups excluding carboxylic acids is 1. The number of rotatable bonds is 5. The number of nitrogens with zero attached hydrogens (tertiary/aromatic N) is 2. The molecule has 1 N–H and O–H groups in total. The summed E-state index contributed by atoms with van der Waals surface area (Å²) in [5.41, 5.74) is -0.265. The van der Waals surface area contributed by atoms with Crippen LogP contribution in [0.25, 0.3) is 22.4 Å². The first kappa shape index (κ1) is 18.9. The average molecular weight is 456 g/mol. The van der Waals surface area contributed by atoms with E-state index in [1.165, 1.54) is 23.1 Å². The second kappa shape index (κ2) is 7.88. The standard InChI is InChI=1S/C20H14BrN3O5/c21-13-3-5-16-12(10-13)11-14(20(27)29-16)19(26)22-7-8-24-18(25)6-4-15(23-24)17-2-1-9-28-17/h1-6,9-11H,7-8H2,(H,22,26). The van der Waals surface area contributed by atoms with Crippen LogP contribution in [0, 0.1) is 0 Å². The van der Waals surface area contributed by atoms with Gasteiger partial charge in [-0.15, -0.1) is 0 Å². The predicted octanol–water partition coefficient (Wildman–Crippen LogP) is 2.80. The summed E-state index contributed by atoms with van der Waals surface area (Å²) in [5.74, 6) is -0.0569. The van der Waals surface area contributed by atoms with Gasteiger partial charge in [0.15, 0.2) is 5.76 Å². The molecule has 0 spiro atoms. The van der Waals surface area contributed by atoms with Crippen molar-refractivity contribution < 1.29 is 13.6 Å². The van der Waals surface area contributed by atoms with Gasteiger partial charge in [-0.05, 0) is 42.5 Å². The molecule has 0 radical (unpaired) electrons. The highest BCUT2D eigenvalue weighted by Crippen LogP contribution is 2.19. The number of halogens is 1. The maximum Gasteiger partial charge on any atom is 0.349 e. The summed E-state index contributed by atoms with van der Waals surface area (Å²) in [6.45, 7) is 0.229. The molecule has 0 aliphatic heterocycles. The molecule has 8 nitrogen and oxygen atoms in total. The molecule has 3 aromatic heterocycles. The van der Waals surface area contributed by atoms with Crippen LogP contribution in [-0.4, -0.2) is 22.2 Å². The highest BCUT2D eigenvalue weighted by Gasteiger charge is 2.14. The van der Waals surface area contributed by atoms with Crippen LogP contribution in [-0.2, 0) is 6.54 Å². The number of benzene rings is 1. The number of fused-ring (bicyclic) bond motifs is 1. The average Bonchev–Trinajstić information content (AvgIpc) is 3.24. The van der Waals surface area contributed by atoms with E-state index in [0.29, 0.717) is 22.4 Å². The van der Waals surface area contributed by atoms with E-state index in [4.69, 9.17) is 8.83 Å². The van der Waals surface area contributed by atoms with Crippen LogP contribution >= 0.6 is 15.9 Å². The maximum atomic E-state index is 12.4. The van der Waals surface area contributed by atoms with Crippen LogP contribution in [0.3, 0.4) is 0 Å². The first-order chi connectivity index (χ1) is 14.0. The lowest BCUT2D eigenvalue weighted by Gasteiger charge is -2.08. The van der Waals surface area contributed by atoms with Crippen molar-refractivity contribution >= 4 is 32.8 Å². The van der Waals surface area contributed by atoms with Crippen molar-refractivity contribution in [3.05, 3.63) is 85.6 Å². The van der Waals surface area contributed by atoms with E-state index in [0.717, 1.165) is 4.47 Å². The van der Waals surface area contributed by atoms with Crippen LogP contribution in [0.2, 0.25) is 0 Å². The molecule has 0 saturated heterocycles. The number of nitrogens with one attached hydrogen (secondary N) is 1. The van der Waals surface area contributed by atoms with E-state index in [1.807, 2.05) is 0 Å². The normalized spacial score (nSPS) is 10.9. The summed E-state index contributed by atoms with van der Waals surface area (Å²) in [5, 5.41) is 7.46. The maximum absolute atomic E-state index is 12.4. The highest BCUT2D eigenvalue weighted by atomic mass is 79.9. The quantitative estimate of drug-likeness (QED) is 0.463. The molecule has 4 aromatic rings. The molecule has 0 aliphatic rings. The van der Waals surface area contributed by atoms with Crippen molar-refractivity contribution in [2.24, 2.45) is 0 Å². The molecule has 0 atom stereocenters. The number of furan rings is 1. The molecule has 9 heteroatoms. The SMILES string of the molecule is O=C(NCCn1nc(-c2ccco2)ccc1=O)c1cc2cc(Br)ccc2oc1=O. The Morgan fingerprint density at radius 2 is 2.00 bits per heavy atom. The van der Waals surface area contributed by atoms with E-state index in [9.17, 15) is 14.4 Å². The van der Waals surface area contributed by atoms with Gasteiger partial charge in [-0.25, -0.2) is 9.48 Å². The summed E-state index contributed by atoms with van der Waals surface area (Å²) in [4.78, 5) is 36.5. The van der Waals surface area contributed by atoms with Crippen LogP contribution < -0.4 is 16.5 Å². The summed E-state index contributed by atoms with van der Waals surface area (Å²) in [6, 6.07) is 13.0. The monoisotopic (exact) mass is 455 g/mol. The Morgan fingerprint density at radius 3 is 2.79 bits per heavy atom. The number of hydrogen-bond acceptors (Lipinski definition) is 6. The van der Waals surface area contributed by atoms with Gasteiger partial charge in [0, 0.05) is 22.5 Å². The van der Waals surface area contributed by atoms with Crippen molar-refractivity contribution in [1.82, 2.24) is 15.1 Å². The topological polar surface area (TPSA) is 107 Å². The summed E-state index contributed by atoms with van der Waals surface area (Å²) in [7, 11) is 0. The Kier molecular flexibility index (Phi) is 5.13. The van der Waals surface area contributed by atoms with Gasteiger partial charge in [0.2, 0.25) is 0 Å². The number of aromatic nitrogens is 2. The van der Waals surface area contributed by atoms with Crippen molar-refractivity contribution in [1.29, 1.82) is 0 Å². The third kappa shape index (κ3) is 4.04. The van der Waals surface area contributed by atoms with Gasteiger partial charge < -0.3 is 14.2 Å². The van der Waals surface area contributed by atoms with Gasteiger partial charge in [-0.3, -0.25) is 9.59 Å². The molecular weight excluding hydrogens is 442 g/mol. The van der Waals surface area contributed by atoms with E-state index < -0.39 is 11.5 Å². The zero-order chi connectivity index (χ0) is 20.4. The second-order valence-electron chi connectivity index (χ2n) is 6.14. The Labute approximate surface area is 171 Å². The fourth-order valence-electron chi connectivity index (χ4n) is 2.79. The Morgan fingerprint density at radius 1 is 1.14 bits per heavy atom. The molecule has 3 heterocycles. The molecule has 146 valence electrons. The first-order valence-electron chi connectivity index (χ1n) is 8.65. The molecular formula is C20H14BrN3O5. The van der Waals surface area contributed by atoms with E-state index in [1.54, 1.807) is 36.4 Å². The third-order valence-corrected chi connectivity index (χ3v) is 4.68. The van der Waals surface area contributed by atoms with Gasteiger partial charge in [0.1, 0.15) is 16.8 Å². The number of carbonyl (C=O) groups is 1. The predicted molar refractivity (Wildman–Crippen MR) is 109 cm³/mol. The van der Waals surface area contributed by atoms with E-state index in [2.05, 4.69) is 26.3 Å². The minimum Gasteiger partial charge on any atom is -0.463 e. The fraction of sp³-hybridized carbons (Fsp3) is 0.100. The van der Waals surface area contributed by atoms with Gasteiger partial charge in [-0.2, -0.15) is 5.10 Å². The van der Waals surface area contributed by atoms with Crippen LogP contribution in [0.5, 0.6) is 0 Å². The zero-order valence-electron chi connectivity index (χ0n) is 14.9. The first-order valence-corrected chi connectivity index (χ1v) is 9.44. The molecule has 1 amide bonds. The van der Waals surface area contributed by atoms with Crippen LogP contribution in [0.15, 0.2) is 77.7 Å². The molecule has 0 bridgehead atoms. The lowest BCUT2D eigenvalue weighted by Crippen LogP contribution is -2.33. The molecule has 0 saturated carbocycles. The zero-order valence-corrected chi connectivity index (χ0v) is 16.5. The fourth-order valence-corrected chi connectivity index (χ4v) is 3.17. The molecule has 0 aliphatic carbocycles. The molecule has 4 rings (SSSR count). The molecule has 29 heavy (non-hydrogen) atoms. The molecule has 0 fully saturated rings. The van der Waals surface area contributed by atoms with Gasteiger partial charge in [0.25, 0.3) is 11.5 Å². The van der Waals surface area contributed by atoms with Gasteiger partial charge in [-0.1, -0.05) is 15.9 Å². The van der Waals surface area contributed by atoms with E-state index >= 15 is 0 Å². The van der Waals surface area contributed by atoms with Crippen molar-refractivity contribution in [2.75, 3.05) is 6.54 Å². The molecule has 0 unspecified atom stereocenters. The summed E-state index contributed by atoms with van der Waals surface area (Å²) < 4.78 is 12.5. The second-order valence-corrected chi connectivity index (χ2v) is 7.06. The highest BCUT2D eigenvalue weighted by molar-refractivity contribution is 9.10. The molecule has 1 aromatic carbocycles. The minimum atomic E-state index is -0.729. The van der Waals surface area contributed by atoms with E-state index in [-0.39, 0.29) is 24.2 Å². The number of hydrogen-bond donors (Lipinski definition) is 1. The Hall–Kier alpha value is -3.46.